The molecule has 0 aliphatic carbocycles. The first-order valence-electron chi connectivity index (χ1n) is 6.34. The molecule has 0 fully saturated rings. The molecule has 0 bridgehead atoms. The summed E-state index contributed by atoms with van der Waals surface area (Å²) in [6, 6.07) is 5.96. The summed E-state index contributed by atoms with van der Waals surface area (Å²) in [7, 11) is 0. The lowest BCUT2D eigenvalue weighted by Gasteiger charge is -2.13. The van der Waals surface area contributed by atoms with Gasteiger partial charge in [0, 0.05) is 22.3 Å². The lowest BCUT2D eigenvalue weighted by molar-refractivity contribution is 0.545. The molecule has 18 heavy (non-hydrogen) atoms. The van der Waals surface area contributed by atoms with Crippen molar-refractivity contribution >= 4 is 38.8 Å². The number of anilines is 1. The molecule has 0 aromatic heterocycles. The van der Waals surface area contributed by atoms with Crippen LogP contribution < -0.4 is 11.1 Å². The van der Waals surface area contributed by atoms with Gasteiger partial charge in [-0.3, -0.25) is 0 Å². The molecule has 0 radical (unpaired) electrons. The SMILES string of the molecule is CC(C)CCCCNc1cccc(Br)c1C(N)=S. The van der Waals surface area contributed by atoms with Gasteiger partial charge in [0.25, 0.3) is 0 Å². The molecule has 100 valence electrons. The minimum absolute atomic E-state index is 0.423. The van der Waals surface area contributed by atoms with E-state index in [9.17, 15) is 0 Å². The van der Waals surface area contributed by atoms with Crippen LogP contribution in [-0.4, -0.2) is 11.5 Å². The van der Waals surface area contributed by atoms with Crippen molar-refractivity contribution in [3.05, 3.63) is 28.2 Å². The number of nitrogens with two attached hydrogens (primary N) is 1. The van der Waals surface area contributed by atoms with E-state index in [1.165, 1.54) is 19.3 Å². The topological polar surface area (TPSA) is 38.0 Å². The van der Waals surface area contributed by atoms with Gasteiger partial charge in [0.2, 0.25) is 0 Å². The second-order valence-corrected chi connectivity index (χ2v) is 6.14. The first-order valence-corrected chi connectivity index (χ1v) is 7.54. The fraction of sp³-hybridized carbons (Fsp3) is 0.500. The number of nitrogens with one attached hydrogen (secondary N) is 1. The number of rotatable bonds is 7. The maximum atomic E-state index is 5.75. The van der Waals surface area contributed by atoms with E-state index < -0.39 is 0 Å². The highest BCUT2D eigenvalue weighted by Crippen LogP contribution is 2.24. The van der Waals surface area contributed by atoms with E-state index in [1.807, 2.05) is 18.2 Å². The molecule has 0 aliphatic heterocycles. The van der Waals surface area contributed by atoms with E-state index in [-0.39, 0.29) is 0 Å². The third kappa shape index (κ3) is 4.94. The molecule has 4 heteroatoms. The fourth-order valence-corrected chi connectivity index (χ4v) is 2.75. The Morgan fingerprint density at radius 3 is 2.72 bits per heavy atom. The number of thiocarbonyl (C=S) groups is 1. The molecule has 0 saturated heterocycles. The number of hydrogen-bond acceptors (Lipinski definition) is 2. The van der Waals surface area contributed by atoms with Crippen LogP contribution in [0, 0.1) is 5.92 Å². The van der Waals surface area contributed by atoms with Crippen molar-refractivity contribution in [2.45, 2.75) is 33.1 Å². The van der Waals surface area contributed by atoms with E-state index in [1.54, 1.807) is 0 Å². The molecule has 1 aromatic rings. The van der Waals surface area contributed by atoms with Gasteiger partial charge in [0.05, 0.1) is 0 Å². The molecule has 1 aromatic carbocycles. The molecule has 0 amide bonds. The molecule has 0 saturated carbocycles. The van der Waals surface area contributed by atoms with E-state index in [0.717, 1.165) is 28.2 Å². The number of unbranched alkanes of at least 4 members (excludes halogenated alkanes) is 1. The second-order valence-electron chi connectivity index (χ2n) is 4.84. The molecular weight excluding hydrogens is 308 g/mol. The first-order chi connectivity index (χ1) is 8.52. The summed E-state index contributed by atoms with van der Waals surface area (Å²) in [5, 5.41) is 3.41. The average Bonchev–Trinajstić information content (AvgIpc) is 2.27. The summed E-state index contributed by atoms with van der Waals surface area (Å²) in [6.07, 6.45) is 3.70. The maximum Gasteiger partial charge on any atom is 0.107 e. The van der Waals surface area contributed by atoms with Crippen molar-refractivity contribution in [2.75, 3.05) is 11.9 Å². The Morgan fingerprint density at radius 2 is 2.11 bits per heavy atom. The highest BCUT2D eigenvalue weighted by atomic mass is 79.9. The van der Waals surface area contributed by atoms with Crippen LogP contribution >= 0.6 is 28.1 Å². The minimum atomic E-state index is 0.423. The van der Waals surface area contributed by atoms with Crippen LogP contribution in [-0.2, 0) is 0 Å². The average molecular weight is 329 g/mol. The summed E-state index contributed by atoms with van der Waals surface area (Å²) in [6.45, 7) is 5.47. The first kappa shape index (κ1) is 15.4. The lowest BCUT2D eigenvalue weighted by Crippen LogP contribution is -2.14. The van der Waals surface area contributed by atoms with Gasteiger partial charge in [0.1, 0.15) is 4.99 Å². The summed E-state index contributed by atoms with van der Waals surface area (Å²) >= 11 is 8.56. The Balaban J connectivity index is 2.52. The Labute approximate surface area is 123 Å². The predicted octanol–water partition coefficient (Wildman–Crippen LogP) is 4.32. The molecule has 0 atom stereocenters. The van der Waals surface area contributed by atoms with Gasteiger partial charge < -0.3 is 11.1 Å². The van der Waals surface area contributed by atoms with Crippen molar-refractivity contribution in [2.24, 2.45) is 11.7 Å². The molecule has 0 aliphatic rings. The lowest BCUT2D eigenvalue weighted by atomic mass is 10.1. The van der Waals surface area contributed by atoms with Crippen LogP contribution in [0.25, 0.3) is 0 Å². The van der Waals surface area contributed by atoms with E-state index in [4.69, 9.17) is 18.0 Å². The minimum Gasteiger partial charge on any atom is -0.389 e. The highest BCUT2D eigenvalue weighted by molar-refractivity contribution is 9.10. The standard InChI is InChI=1S/C14H21BrN2S/c1-10(2)6-3-4-9-17-12-8-5-7-11(15)13(12)14(16)18/h5,7-8,10,17H,3-4,6,9H2,1-2H3,(H2,16,18). The van der Waals surface area contributed by atoms with Gasteiger partial charge in [-0.1, -0.05) is 45.0 Å². The third-order valence-corrected chi connectivity index (χ3v) is 3.65. The van der Waals surface area contributed by atoms with Crippen LogP contribution in [0.2, 0.25) is 0 Å². The second kappa shape index (κ2) is 7.74. The van der Waals surface area contributed by atoms with Crippen LogP contribution in [0.4, 0.5) is 5.69 Å². The van der Waals surface area contributed by atoms with Crippen molar-refractivity contribution in [3.8, 4) is 0 Å². The van der Waals surface area contributed by atoms with Crippen molar-refractivity contribution in [3.63, 3.8) is 0 Å². The van der Waals surface area contributed by atoms with E-state index >= 15 is 0 Å². The normalized spacial score (nSPS) is 10.7. The zero-order chi connectivity index (χ0) is 13.5. The van der Waals surface area contributed by atoms with E-state index in [2.05, 4.69) is 35.1 Å². The summed E-state index contributed by atoms with van der Waals surface area (Å²) in [5.41, 5.74) is 7.66. The Bertz CT molecular complexity index is 405. The Hall–Kier alpha value is -0.610. The largest absolute Gasteiger partial charge is 0.389 e. The van der Waals surface area contributed by atoms with Gasteiger partial charge in [-0.25, -0.2) is 0 Å². The summed E-state index contributed by atoms with van der Waals surface area (Å²) in [4.78, 5) is 0.423. The zero-order valence-corrected chi connectivity index (χ0v) is 13.4. The molecule has 1 rings (SSSR count). The van der Waals surface area contributed by atoms with Crippen molar-refractivity contribution in [1.29, 1.82) is 0 Å². The highest BCUT2D eigenvalue weighted by Gasteiger charge is 2.08. The predicted molar refractivity (Wildman–Crippen MR) is 87.2 cm³/mol. The van der Waals surface area contributed by atoms with Crippen molar-refractivity contribution < 1.29 is 0 Å². The molecule has 3 N–H and O–H groups in total. The van der Waals surface area contributed by atoms with Gasteiger partial charge in [-0.15, -0.1) is 0 Å². The molecule has 0 unspecified atom stereocenters. The number of benzene rings is 1. The van der Waals surface area contributed by atoms with Crippen LogP contribution in [0.5, 0.6) is 0 Å². The molecular formula is C14H21BrN2S. The smallest absolute Gasteiger partial charge is 0.107 e. The Kier molecular flexibility index (Phi) is 6.65. The van der Waals surface area contributed by atoms with Gasteiger partial charge >= 0.3 is 0 Å². The number of hydrogen-bond donors (Lipinski definition) is 2. The fourth-order valence-electron chi connectivity index (χ4n) is 1.82. The monoisotopic (exact) mass is 328 g/mol. The van der Waals surface area contributed by atoms with Crippen molar-refractivity contribution in [1.82, 2.24) is 0 Å². The van der Waals surface area contributed by atoms with Crippen LogP contribution in [0.3, 0.4) is 0 Å². The molecule has 2 nitrogen and oxygen atoms in total. The zero-order valence-electron chi connectivity index (χ0n) is 11.0. The number of halogens is 1. The summed E-state index contributed by atoms with van der Waals surface area (Å²) in [5.74, 6) is 0.781. The molecule has 0 heterocycles. The maximum absolute atomic E-state index is 5.75. The third-order valence-electron chi connectivity index (χ3n) is 2.78. The van der Waals surface area contributed by atoms with Gasteiger partial charge in [0.15, 0.2) is 0 Å². The quantitative estimate of drug-likeness (QED) is 0.578. The summed E-state index contributed by atoms with van der Waals surface area (Å²) < 4.78 is 0.946. The molecule has 0 spiro atoms. The van der Waals surface area contributed by atoms with E-state index in [0.29, 0.717) is 4.99 Å². The Morgan fingerprint density at radius 1 is 1.39 bits per heavy atom. The van der Waals surface area contributed by atoms with Gasteiger partial charge in [-0.2, -0.15) is 0 Å². The van der Waals surface area contributed by atoms with Crippen LogP contribution in [0.1, 0.15) is 38.7 Å². The van der Waals surface area contributed by atoms with Gasteiger partial charge in [-0.05, 0) is 40.4 Å². The van der Waals surface area contributed by atoms with Crippen LogP contribution in [0.15, 0.2) is 22.7 Å².